The Balaban J connectivity index is 1.67. The van der Waals surface area contributed by atoms with E-state index in [2.05, 4.69) is 34.6 Å². The number of nitrogens with zero attached hydrogens (tertiary/aromatic N) is 2. The molecule has 6 nitrogen and oxygen atoms in total. The molecule has 0 radical (unpaired) electrons. The van der Waals surface area contributed by atoms with E-state index in [1.54, 1.807) is 0 Å². The molecule has 2 aliphatic rings. The molecule has 1 unspecified atom stereocenters. The van der Waals surface area contributed by atoms with Crippen molar-refractivity contribution in [3.63, 3.8) is 0 Å². The average Bonchev–Trinajstić information content (AvgIpc) is 2.47. The number of amides is 2. The van der Waals surface area contributed by atoms with Crippen molar-refractivity contribution in [2.45, 2.75) is 46.0 Å². The zero-order chi connectivity index (χ0) is 15.9. The fourth-order valence-electron chi connectivity index (χ4n) is 3.20. The number of nitrogens with one attached hydrogen (secondary N) is 2. The van der Waals surface area contributed by atoms with Crippen molar-refractivity contribution >= 4 is 17.5 Å². The molecule has 22 heavy (non-hydrogen) atoms. The number of rotatable bonds is 6. The highest BCUT2D eigenvalue weighted by molar-refractivity contribution is 6.39. The minimum Gasteiger partial charge on any atom is -0.351 e. The van der Waals surface area contributed by atoms with Crippen LogP contribution in [0, 0.1) is 11.8 Å². The molecular formula is C16H28N4O2. The lowest BCUT2D eigenvalue weighted by molar-refractivity contribution is -0.121. The van der Waals surface area contributed by atoms with Crippen LogP contribution in [0.5, 0.6) is 0 Å². The summed E-state index contributed by atoms with van der Waals surface area (Å²) in [4.78, 5) is 25.5. The van der Waals surface area contributed by atoms with Gasteiger partial charge in [-0.25, -0.2) is 5.43 Å². The van der Waals surface area contributed by atoms with Crippen LogP contribution in [-0.2, 0) is 9.59 Å². The average molecular weight is 308 g/mol. The molecule has 0 aromatic heterocycles. The maximum absolute atomic E-state index is 12.0. The van der Waals surface area contributed by atoms with Gasteiger partial charge in [0.25, 0.3) is 5.91 Å². The first-order valence-corrected chi connectivity index (χ1v) is 8.40. The molecule has 0 spiro atoms. The number of likely N-dealkylation sites (tertiary alicyclic amines) is 1. The zero-order valence-corrected chi connectivity index (χ0v) is 13.7. The fraction of sp³-hybridized carbons (Fsp3) is 0.812. The van der Waals surface area contributed by atoms with Gasteiger partial charge in [0.2, 0.25) is 5.91 Å². The third-order valence-electron chi connectivity index (χ3n) is 4.23. The lowest BCUT2D eigenvalue weighted by atomic mass is 9.94. The number of carbonyl (C=O) groups excluding carboxylic acids is 2. The summed E-state index contributed by atoms with van der Waals surface area (Å²) in [5.41, 5.74) is 2.79. The van der Waals surface area contributed by atoms with E-state index in [1.807, 2.05) is 0 Å². The summed E-state index contributed by atoms with van der Waals surface area (Å²) < 4.78 is 0. The highest BCUT2D eigenvalue weighted by Gasteiger charge is 2.21. The quantitative estimate of drug-likeness (QED) is 0.772. The molecule has 1 atom stereocenters. The summed E-state index contributed by atoms with van der Waals surface area (Å²) in [6.07, 6.45) is 4.30. The van der Waals surface area contributed by atoms with E-state index in [-0.39, 0.29) is 11.8 Å². The lowest BCUT2D eigenvalue weighted by Gasteiger charge is -2.33. The molecule has 0 aromatic carbocycles. The van der Waals surface area contributed by atoms with Gasteiger partial charge in [-0.2, -0.15) is 5.10 Å². The van der Waals surface area contributed by atoms with Crippen molar-refractivity contribution in [1.29, 1.82) is 0 Å². The van der Waals surface area contributed by atoms with E-state index in [9.17, 15) is 9.59 Å². The fourth-order valence-corrected chi connectivity index (χ4v) is 3.20. The van der Waals surface area contributed by atoms with E-state index in [4.69, 9.17) is 0 Å². The SMILES string of the molecule is CC(C)CN1CCCC(CCNC(=O)C2=NNC(=O)CC2)C1. The van der Waals surface area contributed by atoms with Crippen LogP contribution in [0.4, 0.5) is 0 Å². The number of carbonyl (C=O) groups is 2. The summed E-state index contributed by atoms with van der Waals surface area (Å²) in [7, 11) is 0. The van der Waals surface area contributed by atoms with Crippen molar-refractivity contribution in [2.75, 3.05) is 26.2 Å². The standard InChI is InChI=1S/C16H28N4O2/c1-12(2)10-20-9-3-4-13(11-20)7-8-17-16(22)14-5-6-15(21)19-18-14/h12-13H,3-11H2,1-2H3,(H,17,22)(H,19,21). The molecule has 2 N–H and O–H groups in total. The monoisotopic (exact) mass is 308 g/mol. The van der Waals surface area contributed by atoms with E-state index < -0.39 is 0 Å². The van der Waals surface area contributed by atoms with Crippen molar-refractivity contribution in [3.05, 3.63) is 0 Å². The summed E-state index contributed by atoms with van der Waals surface area (Å²) in [6, 6.07) is 0. The Bertz CT molecular complexity index is 434. The number of piperidine rings is 1. The second-order valence-corrected chi connectivity index (χ2v) is 6.80. The first-order valence-electron chi connectivity index (χ1n) is 8.40. The van der Waals surface area contributed by atoms with E-state index in [0.717, 1.165) is 13.0 Å². The Morgan fingerprint density at radius 1 is 1.45 bits per heavy atom. The second-order valence-electron chi connectivity index (χ2n) is 6.80. The molecule has 124 valence electrons. The van der Waals surface area contributed by atoms with Gasteiger partial charge in [0.1, 0.15) is 5.71 Å². The summed E-state index contributed by atoms with van der Waals surface area (Å²) in [6.45, 7) is 8.72. The van der Waals surface area contributed by atoms with Crippen molar-refractivity contribution < 1.29 is 9.59 Å². The molecule has 0 bridgehead atoms. The molecule has 1 fully saturated rings. The summed E-state index contributed by atoms with van der Waals surface area (Å²) in [5, 5.41) is 6.75. The molecule has 6 heteroatoms. The molecule has 1 saturated heterocycles. The molecular weight excluding hydrogens is 280 g/mol. The molecule has 0 aliphatic carbocycles. The van der Waals surface area contributed by atoms with Gasteiger partial charge in [0, 0.05) is 32.5 Å². The maximum Gasteiger partial charge on any atom is 0.267 e. The second kappa shape index (κ2) is 8.27. The van der Waals surface area contributed by atoms with Gasteiger partial charge in [-0.1, -0.05) is 13.8 Å². The van der Waals surface area contributed by atoms with Gasteiger partial charge in [-0.15, -0.1) is 0 Å². The van der Waals surface area contributed by atoms with Gasteiger partial charge in [0.05, 0.1) is 0 Å². The van der Waals surface area contributed by atoms with Crippen LogP contribution in [0.15, 0.2) is 5.10 Å². The van der Waals surface area contributed by atoms with Gasteiger partial charge in [0.15, 0.2) is 0 Å². The molecule has 2 amide bonds. The Hall–Kier alpha value is -1.43. The number of hydrogen-bond acceptors (Lipinski definition) is 4. The third-order valence-corrected chi connectivity index (χ3v) is 4.23. The molecule has 0 aromatic rings. The maximum atomic E-state index is 12.0. The van der Waals surface area contributed by atoms with Crippen LogP contribution < -0.4 is 10.7 Å². The Morgan fingerprint density at radius 3 is 2.95 bits per heavy atom. The minimum absolute atomic E-state index is 0.121. The molecule has 0 saturated carbocycles. The normalized spacial score (nSPS) is 23.1. The highest BCUT2D eigenvalue weighted by atomic mass is 16.2. The molecule has 2 aliphatic heterocycles. The van der Waals surface area contributed by atoms with Gasteiger partial charge >= 0.3 is 0 Å². The van der Waals surface area contributed by atoms with Gasteiger partial charge in [-0.3, -0.25) is 9.59 Å². The summed E-state index contributed by atoms with van der Waals surface area (Å²) >= 11 is 0. The van der Waals surface area contributed by atoms with Crippen LogP contribution in [-0.4, -0.2) is 48.6 Å². The lowest BCUT2D eigenvalue weighted by Crippen LogP contribution is -2.40. The van der Waals surface area contributed by atoms with Crippen molar-refractivity contribution in [2.24, 2.45) is 16.9 Å². The van der Waals surface area contributed by atoms with Gasteiger partial charge in [-0.05, 0) is 37.6 Å². The number of hydrazone groups is 1. The predicted octanol–water partition coefficient (Wildman–Crippen LogP) is 1.13. The molecule has 2 heterocycles. The molecule has 2 rings (SSSR count). The highest BCUT2D eigenvalue weighted by Crippen LogP contribution is 2.19. The van der Waals surface area contributed by atoms with Gasteiger partial charge < -0.3 is 10.2 Å². The van der Waals surface area contributed by atoms with Crippen LogP contribution in [0.1, 0.15) is 46.0 Å². The Morgan fingerprint density at radius 2 is 2.27 bits per heavy atom. The topological polar surface area (TPSA) is 73.8 Å². The van der Waals surface area contributed by atoms with Crippen molar-refractivity contribution in [1.82, 2.24) is 15.6 Å². The largest absolute Gasteiger partial charge is 0.351 e. The first kappa shape index (κ1) is 16.9. The predicted molar refractivity (Wildman–Crippen MR) is 86.4 cm³/mol. The van der Waals surface area contributed by atoms with E-state index in [0.29, 0.717) is 36.9 Å². The van der Waals surface area contributed by atoms with E-state index in [1.165, 1.54) is 25.9 Å². The summed E-state index contributed by atoms with van der Waals surface area (Å²) in [5.74, 6) is 1.11. The minimum atomic E-state index is -0.144. The Labute approximate surface area is 132 Å². The van der Waals surface area contributed by atoms with E-state index >= 15 is 0 Å². The van der Waals surface area contributed by atoms with Crippen molar-refractivity contribution in [3.8, 4) is 0 Å². The Kier molecular flexibility index (Phi) is 6.36. The smallest absolute Gasteiger partial charge is 0.267 e. The third kappa shape index (κ3) is 5.40. The van der Waals surface area contributed by atoms with Crippen LogP contribution in [0.3, 0.4) is 0 Å². The zero-order valence-electron chi connectivity index (χ0n) is 13.7. The van der Waals surface area contributed by atoms with Crippen LogP contribution in [0.25, 0.3) is 0 Å². The first-order chi connectivity index (χ1) is 10.5. The van der Waals surface area contributed by atoms with Crippen LogP contribution in [0.2, 0.25) is 0 Å². The van der Waals surface area contributed by atoms with Crippen LogP contribution >= 0.6 is 0 Å². The number of hydrogen-bond donors (Lipinski definition) is 2.